The number of halogens is 2. The van der Waals surface area contributed by atoms with Crippen molar-refractivity contribution in [3.63, 3.8) is 0 Å². The minimum Gasteiger partial charge on any atom is -0.467 e. The molecule has 112 valence electrons. The number of aliphatic hydroxyl groups excluding tert-OH is 1. The molecule has 1 atom stereocenters. The summed E-state index contributed by atoms with van der Waals surface area (Å²) in [7, 11) is 0. The summed E-state index contributed by atoms with van der Waals surface area (Å²) in [5, 5.41) is 12.2. The molecule has 5 nitrogen and oxygen atoms in total. The fraction of sp³-hybridized carbons (Fsp3) is 0.214. The van der Waals surface area contributed by atoms with Crippen LogP contribution in [0.5, 0.6) is 5.75 Å². The van der Waals surface area contributed by atoms with Crippen molar-refractivity contribution < 1.29 is 27.8 Å². The van der Waals surface area contributed by atoms with Crippen molar-refractivity contribution in [2.45, 2.75) is 12.7 Å². The Kier molecular flexibility index (Phi) is 4.89. The molecule has 1 aromatic carbocycles. The molecule has 0 spiro atoms. The van der Waals surface area contributed by atoms with Crippen LogP contribution in [0, 0.1) is 0 Å². The van der Waals surface area contributed by atoms with Gasteiger partial charge in [-0.25, -0.2) is 0 Å². The number of benzene rings is 1. The highest BCUT2D eigenvalue weighted by molar-refractivity contribution is 5.94. The minimum atomic E-state index is -2.91. The van der Waals surface area contributed by atoms with E-state index in [1.165, 1.54) is 30.5 Å². The Morgan fingerprint density at radius 2 is 2.00 bits per heavy atom. The fourth-order valence-corrected chi connectivity index (χ4v) is 1.66. The van der Waals surface area contributed by atoms with Crippen LogP contribution < -0.4 is 10.1 Å². The van der Waals surface area contributed by atoms with Crippen LogP contribution >= 0.6 is 0 Å². The summed E-state index contributed by atoms with van der Waals surface area (Å²) in [4.78, 5) is 11.8. The highest BCUT2D eigenvalue weighted by atomic mass is 19.3. The van der Waals surface area contributed by atoms with E-state index >= 15 is 0 Å². The van der Waals surface area contributed by atoms with Crippen LogP contribution in [-0.2, 0) is 0 Å². The van der Waals surface area contributed by atoms with Crippen molar-refractivity contribution in [2.75, 3.05) is 6.54 Å². The molecule has 0 saturated heterocycles. The van der Waals surface area contributed by atoms with E-state index in [1.54, 1.807) is 12.1 Å². The smallest absolute Gasteiger partial charge is 0.387 e. The summed E-state index contributed by atoms with van der Waals surface area (Å²) in [6.07, 6.45) is 0.465. The molecule has 0 fully saturated rings. The van der Waals surface area contributed by atoms with E-state index < -0.39 is 18.6 Å². The van der Waals surface area contributed by atoms with Crippen molar-refractivity contribution in [1.82, 2.24) is 5.32 Å². The lowest BCUT2D eigenvalue weighted by Gasteiger charge is -2.10. The number of rotatable bonds is 6. The van der Waals surface area contributed by atoms with Crippen molar-refractivity contribution in [3.8, 4) is 5.75 Å². The van der Waals surface area contributed by atoms with Gasteiger partial charge in [0, 0.05) is 5.56 Å². The maximum absolute atomic E-state index is 12.0. The van der Waals surface area contributed by atoms with E-state index in [-0.39, 0.29) is 17.9 Å². The first-order valence-electron chi connectivity index (χ1n) is 6.11. The van der Waals surface area contributed by atoms with Crippen LogP contribution in [0.4, 0.5) is 8.78 Å². The Bertz CT molecular complexity index is 569. The second-order valence-corrected chi connectivity index (χ2v) is 4.14. The van der Waals surface area contributed by atoms with Gasteiger partial charge in [0.25, 0.3) is 5.91 Å². The number of furan rings is 1. The van der Waals surface area contributed by atoms with Crippen LogP contribution in [-0.4, -0.2) is 24.2 Å². The molecule has 0 saturated carbocycles. The van der Waals surface area contributed by atoms with Crippen LogP contribution in [0.1, 0.15) is 22.2 Å². The highest BCUT2D eigenvalue weighted by Gasteiger charge is 2.13. The largest absolute Gasteiger partial charge is 0.467 e. The lowest BCUT2D eigenvalue weighted by atomic mass is 10.2. The zero-order valence-electron chi connectivity index (χ0n) is 10.8. The average Bonchev–Trinajstić information content (AvgIpc) is 2.99. The molecule has 1 heterocycles. The van der Waals surface area contributed by atoms with Gasteiger partial charge in [0.2, 0.25) is 0 Å². The van der Waals surface area contributed by atoms with Crippen LogP contribution in [0.25, 0.3) is 0 Å². The van der Waals surface area contributed by atoms with Gasteiger partial charge in [0.1, 0.15) is 17.6 Å². The molecule has 0 bridgehead atoms. The molecule has 2 aromatic rings. The molecule has 1 amide bonds. The van der Waals surface area contributed by atoms with Crippen LogP contribution in [0.2, 0.25) is 0 Å². The Hall–Kier alpha value is -2.41. The number of carbonyl (C=O) groups is 1. The first-order chi connectivity index (χ1) is 10.1. The fourth-order valence-electron chi connectivity index (χ4n) is 1.66. The van der Waals surface area contributed by atoms with Crippen LogP contribution in [0.3, 0.4) is 0 Å². The molecule has 2 rings (SSSR count). The number of aliphatic hydroxyl groups is 1. The lowest BCUT2D eigenvalue weighted by Crippen LogP contribution is -2.28. The SMILES string of the molecule is O=C(NCC(O)c1ccco1)c1ccc(OC(F)F)cc1. The van der Waals surface area contributed by atoms with Gasteiger partial charge in [-0.05, 0) is 36.4 Å². The third kappa shape index (κ3) is 4.28. The van der Waals surface area contributed by atoms with Gasteiger partial charge in [-0.3, -0.25) is 4.79 Å². The number of alkyl halides is 2. The number of amides is 1. The number of hydrogen-bond acceptors (Lipinski definition) is 4. The topological polar surface area (TPSA) is 71.7 Å². The van der Waals surface area contributed by atoms with E-state index in [9.17, 15) is 18.7 Å². The Labute approximate surface area is 119 Å². The van der Waals surface area contributed by atoms with E-state index in [1.807, 2.05) is 0 Å². The highest BCUT2D eigenvalue weighted by Crippen LogP contribution is 2.15. The predicted octanol–water partition coefficient (Wildman–Crippen LogP) is 2.34. The summed E-state index contributed by atoms with van der Waals surface area (Å²) in [6.45, 7) is -2.94. The molecule has 0 aliphatic carbocycles. The average molecular weight is 297 g/mol. The first kappa shape index (κ1) is 15.0. The number of carbonyl (C=O) groups excluding carboxylic acids is 1. The molecule has 2 N–H and O–H groups in total. The standard InChI is InChI=1S/C14H13F2NO4/c15-14(16)21-10-5-3-9(4-6-10)13(19)17-8-11(18)12-2-1-7-20-12/h1-7,11,14,18H,8H2,(H,17,19). The Morgan fingerprint density at radius 3 is 2.57 bits per heavy atom. The van der Waals surface area contributed by atoms with Gasteiger partial charge in [0.15, 0.2) is 0 Å². The molecule has 1 unspecified atom stereocenters. The van der Waals surface area contributed by atoms with Crippen LogP contribution in [0.15, 0.2) is 47.1 Å². The maximum atomic E-state index is 12.0. The van der Waals surface area contributed by atoms with Gasteiger partial charge >= 0.3 is 6.61 Å². The normalized spacial score (nSPS) is 12.2. The summed E-state index contributed by atoms with van der Waals surface area (Å²) >= 11 is 0. The van der Waals surface area contributed by atoms with Crippen molar-refractivity contribution in [3.05, 3.63) is 54.0 Å². The predicted molar refractivity (Wildman–Crippen MR) is 69.1 cm³/mol. The van der Waals surface area contributed by atoms with E-state index in [4.69, 9.17) is 4.42 Å². The van der Waals surface area contributed by atoms with Crippen molar-refractivity contribution in [2.24, 2.45) is 0 Å². The van der Waals surface area contributed by atoms with Gasteiger partial charge in [0.05, 0.1) is 12.8 Å². The second-order valence-electron chi connectivity index (χ2n) is 4.14. The van der Waals surface area contributed by atoms with E-state index in [2.05, 4.69) is 10.1 Å². The van der Waals surface area contributed by atoms with Crippen molar-refractivity contribution >= 4 is 5.91 Å². The summed E-state index contributed by atoms with van der Waals surface area (Å²) < 4.78 is 33.1. The summed E-state index contributed by atoms with van der Waals surface area (Å²) in [6, 6.07) is 8.46. The summed E-state index contributed by atoms with van der Waals surface area (Å²) in [5.41, 5.74) is 0.267. The van der Waals surface area contributed by atoms with Crippen molar-refractivity contribution in [1.29, 1.82) is 0 Å². The molecule has 0 radical (unpaired) electrons. The second kappa shape index (κ2) is 6.85. The molecule has 0 aliphatic heterocycles. The number of hydrogen-bond donors (Lipinski definition) is 2. The van der Waals surface area contributed by atoms with Gasteiger partial charge in [-0.15, -0.1) is 0 Å². The first-order valence-corrected chi connectivity index (χ1v) is 6.11. The minimum absolute atomic E-state index is 0.0262. The number of nitrogens with one attached hydrogen (secondary N) is 1. The van der Waals surface area contributed by atoms with Gasteiger partial charge in [-0.2, -0.15) is 8.78 Å². The van der Waals surface area contributed by atoms with E-state index in [0.717, 1.165) is 0 Å². The maximum Gasteiger partial charge on any atom is 0.387 e. The molecule has 21 heavy (non-hydrogen) atoms. The zero-order valence-corrected chi connectivity index (χ0v) is 10.8. The molecular formula is C14H13F2NO4. The molecule has 0 aliphatic rings. The summed E-state index contributed by atoms with van der Waals surface area (Å²) in [5.74, 6) is -0.127. The van der Waals surface area contributed by atoms with Gasteiger partial charge in [-0.1, -0.05) is 0 Å². The van der Waals surface area contributed by atoms with E-state index in [0.29, 0.717) is 5.76 Å². The third-order valence-electron chi connectivity index (χ3n) is 2.67. The lowest BCUT2D eigenvalue weighted by molar-refractivity contribution is -0.0498. The monoisotopic (exact) mass is 297 g/mol. The molecule has 1 aromatic heterocycles. The third-order valence-corrected chi connectivity index (χ3v) is 2.67. The Balaban J connectivity index is 1.88. The zero-order chi connectivity index (χ0) is 15.2. The molecular weight excluding hydrogens is 284 g/mol. The van der Waals surface area contributed by atoms with Gasteiger partial charge < -0.3 is 19.6 Å². The molecule has 7 heteroatoms. The Morgan fingerprint density at radius 1 is 1.29 bits per heavy atom. The quantitative estimate of drug-likeness (QED) is 0.858. The number of ether oxygens (including phenoxy) is 1.